The molecule has 1 aliphatic rings. The summed E-state index contributed by atoms with van der Waals surface area (Å²) in [5, 5.41) is 0. The largest absolute Gasteiger partial charge is 0.496 e. The van der Waals surface area contributed by atoms with E-state index in [1.807, 2.05) is 18.2 Å². The third kappa shape index (κ3) is 4.07. The Morgan fingerprint density at radius 2 is 2.15 bits per heavy atom. The Labute approximate surface area is 121 Å². The Hall–Kier alpha value is -1.35. The maximum Gasteiger partial charge on any atom is 0.159 e. The molecule has 0 amide bonds. The van der Waals surface area contributed by atoms with Crippen LogP contribution in [0.3, 0.4) is 0 Å². The maximum atomic E-state index is 11.5. The summed E-state index contributed by atoms with van der Waals surface area (Å²) in [4.78, 5) is 14.0. The lowest BCUT2D eigenvalue weighted by atomic mass is 10.1. The molecule has 1 saturated carbocycles. The van der Waals surface area contributed by atoms with Crippen molar-refractivity contribution in [3.05, 3.63) is 29.3 Å². The van der Waals surface area contributed by atoms with Gasteiger partial charge in [-0.15, -0.1) is 0 Å². The highest BCUT2D eigenvalue weighted by atomic mass is 16.5. The van der Waals surface area contributed by atoms with Gasteiger partial charge < -0.3 is 4.74 Å². The Morgan fingerprint density at radius 1 is 1.40 bits per heavy atom. The van der Waals surface area contributed by atoms with Crippen LogP contribution in [0.5, 0.6) is 5.75 Å². The van der Waals surface area contributed by atoms with Crippen molar-refractivity contribution in [1.82, 2.24) is 4.90 Å². The lowest BCUT2D eigenvalue weighted by molar-refractivity contribution is 0.101. The number of nitrogens with zero attached hydrogens (tertiary/aromatic N) is 1. The number of carbonyl (C=O) groups is 1. The van der Waals surface area contributed by atoms with Gasteiger partial charge in [-0.3, -0.25) is 9.69 Å². The predicted molar refractivity (Wildman–Crippen MR) is 81.3 cm³/mol. The molecule has 110 valence electrons. The molecule has 0 spiro atoms. The highest BCUT2D eigenvalue weighted by Crippen LogP contribution is 2.31. The normalized spacial score (nSPS) is 14.6. The molecular formula is C17H25NO2. The number of ether oxygens (including phenoxy) is 1. The molecule has 1 aromatic carbocycles. The average Bonchev–Trinajstić information content (AvgIpc) is 3.22. The van der Waals surface area contributed by atoms with Crippen molar-refractivity contribution in [2.75, 3.05) is 20.2 Å². The van der Waals surface area contributed by atoms with Crippen LogP contribution in [0.2, 0.25) is 0 Å². The van der Waals surface area contributed by atoms with Crippen LogP contribution in [0, 0.1) is 5.92 Å². The Balaban J connectivity index is 2.14. The van der Waals surface area contributed by atoms with Crippen molar-refractivity contribution in [2.24, 2.45) is 5.92 Å². The minimum absolute atomic E-state index is 0.109. The fourth-order valence-corrected chi connectivity index (χ4v) is 2.58. The second-order valence-corrected chi connectivity index (χ2v) is 5.76. The summed E-state index contributed by atoms with van der Waals surface area (Å²) in [6.45, 7) is 6.96. The van der Waals surface area contributed by atoms with E-state index in [4.69, 9.17) is 4.74 Å². The van der Waals surface area contributed by atoms with Crippen molar-refractivity contribution in [3.63, 3.8) is 0 Å². The van der Waals surface area contributed by atoms with E-state index < -0.39 is 0 Å². The molecule has 0 bridgehead atoms. The summed E-state index contributed by atoms with van der Waals surface area (Å²) in [6.07, 6.45) is 3.89. The van der Waals surface area contributed by atoms with Crippen LogP contribution >= 0.6 is 0 Å². The fraction of sp³-hybridized carbons (Fsp3) is 0.588. The van der Waals surface area contributed by atoms with Crippen LogP contribution in [0.25, 0.3) is 0 Å². The first-order chi connectivity index (χ1) is 9.63. The van der Waals surface area contributed by atoms with Crippen molar-refractivity contribution >= 4 is 5.78 Å². The molecule has 0 aromatic heterocycles. The fourth-order valence-electron chi connectivity index (χ4n) is 2.58. The number of ketones is 1. The molecule has 0 heterocycles. The van der Waals surface area contributed by atoms with Crippen LogP contribution in [-0.2, 0) is 6.54 Å². The second kappa shape index (κ2) is 6.89. The quantitative estimate of drug-likeness (QED) is 0.680. The lowest BCUT2D eigenvalue weighted by Crippen LogP contribution is -2.26. The first-order valence-electron chi connectivity index (χ1n) is 7.54. The molecule has 2 rings (SSSR count). The van der Waals surface area contributed by atoms with Gasteiger partial charge in [-0.2, -0.15) is 0 Å². The first-order valence-corrected chi connectivity index (χ1v) is 7.54. The zero-order valence-electron chi connectivity index (χ0n) is 12.8. The molecule has 3 nitrogen and oxygen atoms in total. The first kappa shape index (κ1) is 15.0. The topological polar surface area (TPSA) is 29.5 Å². The summed E-state index contributed by atoms with van der Waals surface area (Å²) in [5.41, 5.74) is 1.89. The van der Waals surface area contributed by atoms with Gasteiger partial charge >= 0.3 is 0 Å². The predicted octanol–water partition coefficient (Wildman–Crippen LogP) is 3.52. The number of methoxy groups -OCH3 is 1. The molecule has 1 aromatic rings. The van der Waals surface area contributed by atoms with E-state index in [1.165, 1.54) is 19.4 Å². The minimum Gasteiger partial charge on any atom is -0.496 e. The third-order valence-corrected chi connectivity index (χ3v) is 3.83. The molecular weight excluding hydrogens is 250 g/mol. The Kier molecular flexibility index (Phi) is 5.18. The van der Waals surface area contributed by atoms with Crippen LogP contribution in [0.1, 0.15) is 49.0 Å². The number of hydrogen-bond donors (Lipinski definition) is 0. The molecule has 0 radical (unpaired) electrons. The second-order valence-electron chi connectivity index (χ2n) is 5.76. The number of rotatable bonds is 8. The van der Waals surface area contributed by atoms with Gasteiger partial charge in [0, 0.05) is 24.2 Å². The number of benzene rings is 1. The van der Waals surface area contributed by atoms with Crippen molar-refractivity contribution in [2.45, 2.75) is 39.7 Å². The molecule has 0 N–H and O–H groups in total. The average molecular weight is 275 g/mol. The van der Waals surface area contributed by atoms with E-state index >= 15 is 0 Å². The SMILES string of the molecule is CCCN(Cc1cc(C(C)=O)ccc1OC)CC1CC1. The highest BCUT2D eigenvalue weighted by Gasteiger charge is 2.24. The van der Waals surface area contributed by atoms with Gasteiger partial charge in [-0.1, -0.05) is 6.92 Å². The summed E-state index contributed by atoms with van der Waals surface area (Å²) in [5.74, 6) is 1.87. The Morgan fingerprint density at radius 3 is 2.70 bits per heavy atom. The van der Waals surface area contributed by atoms with Crippen LogP contribution in [0.15, 0.2) is 18.2 Å². The monoisotopic (exact) mass is 275 g/mol. The van der Waals surface area contributed by atoms with Crippen molar-refractivity contribution in [3.8, 4) is 5.75 Å². The van der Waals surface area contributed by atoms with Crippen LogP contribution in [-0.4, -0.2) is 30.9 Å². The van der Waals surface area contributed by atoms with Crippen molar-refractivity contribution < 1.29 is 9.53 Å². The molecule has 1 fully saturated rings. The van der Waals surface area contributed by atoms with Gasteiger partial charge in [-0.05, 0) is 56.8 Å². The minimum atomic E-state index is 0.109. The summed E-state index contributed by atoms with van der Waals surface area (Å²) in [7, 11) is 1.69. The van der Waals surface area contributed by atoms with Gasteiger partial charge in [-0.25, -0.2) is 0 Å². The van der Waals surface area contributed by atoms with Crippen LogP contribution < -0.4 is 4.74 Å². The zero-order valence-corrected chi connectivity index (χ0v) is 12.8. The summed E-state index contributed by atoms with van der Waals surface area (Å²) < 4.78 is 5.44. The van der Waals surface area contributed by atoms with Crippen molar-refractivity contribution in [1.29, 1.82) is 0 Å². The Bertz CT molecular complexity index is 466. The highest BCUT2D eigenvalue weighted by molar-refractivity contribution is 5.94. The van der Waals surface area contributed by atoms with E-state index in [-0.39, 0.29) is 5.78 Å². The van der Waals surface area contributed by atoms with E-state index in [9.17, 15) is 4.79 Å². The standard InChI is InChI=1S/C17H25NO2/c1-4-9-18(11-14-5-6-14)12-16-10-15(13(2)19)7-8-17(16)20-3/h7-8,10,14H,4-6,9,11-12H2,1-3H3. The number of carbonyl (C=O) groups excluding carboxylic acids is 1. The van der Waals surface area contributed by atoms with Gasteiger partial charge in [0.25, 0.3) is 0 Å². The van der Waals surface area contributed by atoms with Gasteiger partial charge in [0.1, 0.15) is 5.75 Å². The molecule has 1 aliphatic carbocycles. The van der Waals surface area contributed by atoms with Gasteiger partial charge in [0.2, 0.25) is 0 Å². The van der Waals surface area contributed by atoms with E-state index in [0.717, 1.165) is 42.3 Å². The molecule has 3 heteroatoms. The molecule has 0 atom stereocenters. The van der Waals surface area contributed by atoms with E-state index in [0.29, 0.717) is 0 Å². The third-order valence-electron chi connectivity index (χ3n) is 3.83. The smallest absolute Gasteiger partial charge is 0.159 e. The number of hydrogen-bond acceptors (Lipinski definition) is 3. The molecule has 0 unspecified atom stereocenters. The molecule has 20 heavy (non-hydrogen) atoms. The number of Topliss-reactive ketones (excluding diaryl/α,β-unsaturated/α-hetero) is 1. The van der Waals surface area contributed by atoms with Crippen LogP contribution in [0.4, 0.5) is 0 Å². The maximum absolute atomic E-state index is 11.5. The summed E-state index contributed by atoms with van der Waals surface area (Å²) in [6, 6.07) is 5.74. The summed E-state index contributed by atoms with van der Waals surface area (Å²) >= 11 is 0. The van der Waals surface area contributed by atoms with E-state index in [1.54, 1.807) is 14.0 Å². The van der Waals surface area contributed by atoms with Gasteiger partial charge in [0.05, 0.1) is 7.11 Å². The van der Waals surface area contributed by atoms with E-state index in [2.05, 4.69) is 11.8 Å². The zero-order chi connectivity index (χ0) is 14.5. The van der Waals surface area contributed by atoms with Gasteiger partial charge in [0.15, 0.2) is 5.78 Å². The molecule has 0 saturated heterocycles. The molecule has 0 aliphatic heterocycles. The lowest BCUT2D eigenvalue weighted by Gasteiger charge is -2.23.